The summed E-state index contributed by atoms with van der Waals surface area (Å²) in [4.78, 5) is 27.7. The molecule has 0 unspecified atom stereocenters. The molecule has 3 rings (SSSR count). The van der Waals surface area contributed by atoms with Crippen molar-refractivity contribution in [2.75, 3.05) is 17.9 Å². The number of amides is 2. The van der Waals surface area contributed by atoms with Crippen LogP contribution in [0, 0.1) is 6.92 Å². The molecule has 0 aliphatic heterocycles. The number of benzene rings is 3. The summed E-state index contributed by atoms with van der Waals surface area (Å²) in [6.45, 7) is 5.32. The Bertz CT molecular complexity index is 1290. The molecule has 0 radical (unpaired) electrons. The number of likely N-dealkylation sites (N-methyl/N-ethyl adjacent to an activating group) is 1. The third-order valence-corrected chi connectivity index (χ3v) is 7.88. The SMILES string of the molecule is CCc1ccc(N(CC(=O)N(Cc2cccc(C)c2)[C@@H](C)C(=O)NC)S(=O)(=O)c2ccccc2)cc1. The summed E-state index contributed by atoms with van der Waals surface area (Å²) in [6.07, 6.45) is 0.804. The van der Waals surface area contributed by atoms with Crippen LogP contribution in [0.4, 0.5) is 5.69 Å². The van der Waals surface area contributed by atoms with Gasteiger partial charge in [0.05, 0.1) is 10.6 Å². The maximum atomic E-state index is 13.7. The number of hydrogen-bond acceptors (Lipinski definition) is 4. The standard InChI is InChI=1S/C28H33N3O4S/c1-5-23-14-16-25(17-15-23)31(36(34,35)26-12-7-6-8-13-26)20-27(32)30(22(3)28(33)29-4)19-24-11-9-10-21(2)18-24/h6-18,22H,5,19-20H2,1-4H3,(H,29,33)/t22-/m0/s1. The average Bonchev–Trinajstić information content (AvgIpc) is 2.90. The van der Waals surface area contributed by atoms with Gasteiger partial charge in [0.25, 0.3) is 10.0 Å². The molecule has 0 saturated carbocycles. The first kappa shape index (κ1) is 26.9. The van der Waals surface area contributed by atoms with Crippen molar-refractivity contribution in [1.29, 1.82) is 0 Å². The van der Waals surface area contributed by atoms with Crippen molar-refractivity contribution in [2.45, 2.75) is 44.7 Å². The van der Waals surface area contributed by atoms with Gasteiger partial charge in [-0.1, -0.05) is 67.1 Å². The Hall–Kier alpha value is -3.65. The van der Waals surface area contributed by atoms with Gasteiger partial charge in [0.15, 0.2) is 0 Å². The molecule has 0 aliphatic carbocycles. The Labute approximate surface area is 213 Å². The minimum atomic E-state index is -4.05. The topological polar surface area (TPSA) is 86.8 Å². The van der Waals surface area contributed by atoms with Gasteiger partial charge in [0, 0.05) is 13.6 Å². The van der Waals surface area contributed by atoms with Gasteiger partial charge in [-0.2, -0.15) is 0 Å². The molecule has 1 N–H and O–H groups in total. The van der Waals surface area contributed by atoms with E-state index in [4.69, 9.17) is 0 Å². The highest BCUT2D eigenvalue weighted by Crippen LogP contribution is 2.25. The van der Waals surface area contributed by atoms with E-state index in [0.717, 1.165) is 27.4 Å². The number of rotatable bonds is 10. The summed E-state index contributed by atoms with van der Waals surface area (Å²) >= 11 is 0. The minimum absolute atomic E-state index is 0.0851. The van der Waals surface area contributed by atoms with Gasteiger partial charge in [0.2, 0.25) is 11.8 Å². The molecule has 0 fully saturated rings. The summed E-state index contributed by atoms with van der Waals surface area (Å²) in [6, 6.07) is 22.0. The molecule has 0 spiro atoms. The second-order valence-electron chi connectivity index (χ2n) is 8.65. The number of carbonyl (C=O) groups excluding carboxylic acids is 2. The van der Waals surface area contributed by atoms with Crippen LogP contribution in [-0.4, -0.2) is 44.8 Å². The third kappa shape index (κ3) is 6.31. The summed E-state index contributed by atoms with van der Waals surface area (Å²) in [7, 11) is -2.54. The van der Waals surface area contributed by atoms with Crippen LogP contribution in [0.15, 0.2) is 83.8 Å². The zero-order valence-corrected chi connectivity index (χ0v) is 22.0. The van der Waals surface area contributed by atoms with E-state index in [2.05, 4.69) is 5.32 Å². The van der Waals surface area contributed by atoms with Crippen molar-refractivity contribution in [3.63, 3.8) is 0 Å². The first-order chi connectivity index (χ1) is 17.2. The normalized spacial score (nSPS) is 12.0. The summed E-state index contributed by atoms with van der Waals surface area (Å²) < 4.78 is 28.5. The van der Waals surface area contributed by atoms with Crippen LogP contribution >= 0.6 is 0 Å². The quantitative estimate of drug-likeness (QED) is 0.451. The van der Waals surface area contributed by atoms with Crippen molar-refractivity contribution in [3.8, 4) is 0 Å². The van der Waals surface area contributed by atoms with Gasteiger partial charge in [0.1, 0.15) is 12.6 Å². The maximum Gasteiger partial charge on any atom is 0.264 e. The molecule has 36 heavy (non-hydrogen) atoms. The van der Waals surface area contributed by atoms with Gasteiger partial charge in [-0.05, 0) is 55.7 Å². The number of anilines is 1. The van der Waals surface area contributed by atoms with E-state index in [0.29, 0.717) is 5.69 Å². The highest BCUT2D eigenvalue weighted by atomic mass is 32.2. The minimum Gasteiger partial charge on any atom is -0.357 e. The third-order valence-electron chi connectivity index (χ3n) is 6.09. The van der Waals surface area contributed by atoms with Crippen LogP contribution in [-0.2, 0) is 32.6 Å². The number of hydrogen-bond donors (Lipinski definition) is 1. The zero-order chi connectivity index (χ0) is 26.3. The molecule has 0 aliphatic rings. The van der Waals surface area contributed by atoms with Crippen molar-refractivity contribution in [2.24, 2.45) is 0 Å². The van der Waals surface area contributed by atoms with Crippen molar-refractivity contribution >= 4 is 27.5 Å². The summed E-state index contributed by atoms with van der Waals surface area (Å²) in [5.41, 5.74) is 3.31. The molecule has 0 aromatic heterocycles. The second kappa shape index (κ2) is 11.9. The number of aryl methyl sites for hydroxylation is 2. The Morgan fingerprint density at radius 1 is 0.917 bits per heavy atom. The lowest BCUT2D eigenvalue weighted by Gasteiger charge is -2.32. The fourth-order valence-electron chi connectivity index (χ4n) is 3.95. The maximum absolute atomic E-state index is 13.7. The van der Waals surface area contributed by atoms with Gasteiger partial charge >= 0.3 is 0 Å². The van der Waals surface area contributed by atoms with Crippen LogP contribution in [0.3, 0.4) is 0 Å². The predicted molar refractivity (Wildman–Crippen MR) is 142 cm³/mol. The van der Waals surface area contributed by atoms with Gasteiger partial charge in [-0.25, -0.2) is 8.42 Å². The molecule has 1 atom stereocenters. The highest BCUT2D eigenvalue weighted by Gasteiger charge is 2.32. The first-order valence-electron chi connectivity index (χ1n) is 11.9. The van der Waals surface area contributed by atoms with Gasteiger partial charge < -0.3 is 10.2 Å². The molecular weight excluding hydrogens is 474 g/mol. The number of nitrogens with zero attached hydrogens (tertiary/aromatic N) is 2. The summed E-state index contributed by atoms with van der Waals surface area (Å²) in [5.74, 6) is -0.813. The fourth-order valence-corrected chi connectivity index (χ4v) is 5.38. The number of carbonyl (C=O) groups is 2. The van der Waals surface area contributed by atoms with E-state index in [1.807, 2.05) is 50.2 Å². The largest absolute Gasteiger partial charge is 0.357 e. The Kier molecular flexibility index (Phi) is 8.88. The van der Waals surface area contributed by atoms with E-state index in [-0.39, 0.29) is 17.3 Å². The lowest BCUT2D eigenvalue weighted by atomic mass is 10.1. The fraction of sp³-hybridized carbons (Fsp3) is 0.286. The zero-order valence-electron chi connectivity index (χ0n) is 21.1. The van der Waals surface area contributed by atoms with Crippen LogP contribution < -0.4 is 9.62 Å². The van der Waals surface area contributed by atoms with Crippen LogP contribution in [0.2, 0.25) is 0 Å². The van der Waals surface area contributed by atoms with Crippen molar-refractivity contribution in [1.82, 2.24) is 10.2 Å². The highest BCUT2D eigenvalue weighted by molar-refractivity contribution is 7.92. The van der Waals surface area contributed by atoms with E-state index in [1.54, 1.807) is 37.3 Å². The molecule has 3 aromatic carbocycles. The monoisotopic (exact) mass is 507 g/mol. The van der Waals surface area contributed by atoms with E-state index in [1.165, 1.54) is 24.1 Å². The smallest absolute Gasteiger partial charge is 0.264 e. The average molecular weight is 508 g/mol. The predicted octanol–water partition coefficient (Wildman–Crippen LogP) is 3.92. The molecule has 2 amide bonds. The Balaban J connectivity index is 2.02. The summed E-state index contributed by atoms with van der Waals surface area (Å²) in [5, 5.41) is 2.59. The second-order valence-corrected chi connectivity index (χ2v) is 10.5. The van der Waals surface area contributed by atoms with Crippen LogP contribution in [0.25, 0.3) is 0 Å². The van der Waals surface area contributed by atoms with E-state index >= 15 is 0 Å². The Morgan fingerprint density at radius 2 is 1.58 bits per heavy atom. The molecule has 7 nitrogen and oxygen atoms in total. The number of nitrogens with one attached hydrogen (secondary N) is 1. The molecule has 8 heteroatoms. The Morgan fingerprint density at radius 3 is 2.17 bits per heavy atom. The van der Waals surface area contributed by atoms with E-state index < -0.39 is 28.5 Å². The van der Waals surface area contributed by atoms with Gasteiger partial charge in [-0.3, -0.25) is 13.9 Å². The lowest BCUT2D eigenvalue weighted by molar-refractivity contribution is -0.139. The van der Waals surface area contributed by atoms with Crippen molar-refractivity contribution in [3.05, 3.63) is 95.6 Å². The lowest BCUT2D eigenvalue weighted by Crippen LogP contribution is -2.50. The molecule has 0 heterocycles. The molecule has 0 bridgehead atoms. The van der Waals surface area contributed by atoms with Gasteiger partial charge in [-0.15, -0.1) is 0 Å². The molecule has 190 valence electrons. The van der Waals surface area contributed by atoms with Crippen LogP contribution in [0.1, 0.15) is 30.5 Å². The molecule has 3 aromatic rings. The molecular formula is C28H33N3O4S. The van der Waals surface area contributed by atoms with Crippen LogP contribution in [0.5, 0.6) is 0 Å². The number of sulfonamides is 1. The first-order valence-corrected chi connectivity index (χ1v) is 13.3. The molecule has 0 saturated heterocycles. The van der Waals surface area contributed by atoms with Crippen molar-refractivity contribution < 1.29 is 18.0 Å². The van der Waals surface area contributed by atoms with E-state index in [9.17, 15) is 18.0 Å².